The minimum absolute atomic E-state index is 0.0159. The summed E-state index contributed by atoms with van der Waals surface area (Å²) < 4.78 is 0. The molecule has 0 radical (unpaired) electrons. The lowest BCUT2D eigenvalue weighted by Crippen LogP contribution is -2.28. The van der Waals surface area contributed by atoms with Crippen LogP contribution in [0.25, 0.3) is 0 Å². The molecule has 1 aromatic rings. The van der Waals surface area contributed by atoms with Gasteiger partial charge in [0.05, 0.1) is 6.42 Å². The zero-order chi connectivity index (χ0) is 16.4. The molecule has 1 rings (SSSR count). The summed E-state index contributed by atoms with van der Waals surface area (Å²) in [6.45, 7) is 0.535. The van der Waals surface area contributed by atoms with Crippen molar-refractivity contribution >= 4 is 23.5 Å². The number of aliphatic carboxylic acids is 1. The largest absolute Gasteiger partial charge is 0.481 e. The van der Waals surface area contributed by atoms with Gasteiger partial charge in [-0.25, -0.2) is 0 Å². The maximum Gasteiger partial charge on any atom is 0.305 e. The lowest BCUT2D eigenvalue weighted by molar-refractivity contribution is -0.136. The highest BCUT2D eigenvalue weighted by Crippen LogP contribution is 2.09. The van der Waals surface area contributed by atoms with Crippen LogP contribution in [0.15, 0.2) is 36.0 Å². The van der Waals surface area contributed by atoms with E-state index in [1.54, 1.807) is 18.2 Å². The van der Waals surface area contributed by atoms with Crippen molar-refractivity contribution in [3.8, 4) is 6.07 Å². The van der Waals surface area contributed by atoms with Gasteiger partial charge in [-0.3, -0.25) is 9.59 Å². The van der Waals surface area contributed by atoms with Gasteiger partial charge in [-0.2, -0.15) is 5.26 Å². The molecule has 0 aliphatic carbocycles. The first-order valence-electron chi connectivity index (χ1n) is 6.61. The van der Waals surface area contributed by atoms with Gasteiger partial charge in [0.25, 0.3) is 5.91 Å². The van der Waals surface area contributed by atoms with Crippen molar-refractivity contribution in [3.63, 3.8) is 0 Å². The number of carbonyl (C=O) groups excluding carboxylic acids is 1. The molecule has 0 atom stereocenters. The van der Waals surface area contributed by atoms with Crippen LogP contribution >= 0.6 is 11.6 Å². The number of nitriles is 1. The molecule has 0 aromatic heterocycles. The van der Waals surface area contributed by atoms with Crippen LogP contribution in [0.2, 0.25) is 5.02 Å². The summed E-state index contributed by atoms with van der Waals surface area (Å²) in [6, 6.07) is 9.16. The van der Waals surface area contributed by atoms with E-state index in [-0.39, 0.29) is 18.5 Å². The fourth-order valence-electron chi connectivity index (χ4n) is 1.57. The SMILES string of the molecule is N#C/C(=C/NCCc1ccc(Cl)cc1)C(=O)NCCC(=O)O. The van der Waals surface area contributed by atoms with E-state index in [0.29, 0.717) is 18.0 Å². The molecule has 0 spiro atoms. The minimum Gasteiger partial charge on any atom is -0.481 e. The van der Waals surface area contributed by atoms with E-state index in [1.165, 1.54) is 6.20 Å². The van der Waals surface area contributed by atoms with Crippen molar-refractivity contribution < 1.29 is 14.7 Å². The first-order chi connectivity index (χ1) is 10.5. The minimum atomic E-state index is -1.01. The van der Waals surface area contributed by atoms with E-state index in [4.69, 9.17) is 22.0 Å². The van der Waals surface area contributed by atoms with E-state index in [9.17, 15) is 9.59 Å². The second-order valence-electron chi connectivity index (χ2n) is 4.40. The first kappa shape index (κ1) is 17.5. The number of hydrogen-bond acceptors (Lipinski definition) is 4. The van der Waals surface area contributed by atoms with E-state index in [1.807, 2.05) is 12.1 Å². The van der Waals surface area contributed by atoms with Gasteiger partial charge < -0.3 is 15.7 Å². The standard InChI is InChI=1S/C15H16ClN3O3/c16-13-3-1-11(2-4-13)5-7-18-10-12(9-17)15(22)19-8-6-14(20)21/h1-4,10,18H,5-8H2,(H,19,22)(H,20,21)/b12-10-. The Morgan fingerprint density at radius 2 is 1.95 bits per heavy atom. The fourth-order valence-corrected chi connectivity index (χ4v) is 1.69. The van der Waals surface area contributed by atoms with Crippen molar-refractivity contribution in [2.75, 3.05) is 13.1 Å². The molecule has 0 bridgehead atoms. The van der Waals surface area contributed by atoms with Gasteiger partial charge in [0.15, 0.2) is 0 Å². The van der Waals surface area contributed by atoms with Gasteiger partial charge in [-0.05, 0) is 24.1 Å². The highest BCUT2D eigenvalue weighted by atomic mass is 35.5. The van der Waals surface area contributed by atoms with Crippen molar-refractivity contribution in [1.29, 1.82) is 5.26 Å². The second-order valence-corrected chi connectivity index (χ2v) is 4.84. The third kappa shape index (κ3) is 6.77. The van der Waals surface area contributed by atoms with Gasteiger partial charge in [0, 0.05) is 24.3 Å². The van der Waals surface area contributed by atoms with Crippen molar-refractivity contribution in [2.45, 2.75) is 12.8 Å². The molecular weight excluding hydrogens is 306 g/mol. The number of hydrogen-bond donors (Lipinski definition) is 3. The number of nitrogens with zero attached hydrogens (tertiary/aromatic N) is 1. The molecule has 0 heterocycles. The highest BCUT2D eigenvalue weighted by Gasteiger charge is 2.08. The molecule has 6 nitrogen and oxygen atoms in total. The zero-order valence-electron chi connectivity index (χ0n) is 11.8. The average molecular weight is 322 g/mol. The van der Waals surface area contributed by atoms with Crippen molar-refractivity contribution in [3.05, 3.63) is 46.6 Å². The number of benzene rings is 1. The molecule has 7 heteroatoms. The van der Waals surface area contributed by atoms with Crippen LogP contribution in [0.4, 0.5) is 0 Å². The Labute approximate surface area is 133 Å². The summed E-state index contributed by atoms with van der Waals surface area (Å²) in [5.74, 6) is -1.60. The van der Waals surface area contributed by atoms with E-state index < -0.39 is 11.9 Å². The molecule has 0 aliphatic heterocycles. The van der Waals surface area contributed by atoms with Crippen LogP contribution in [-0.2, 0) is 16.0 Å². The highest BCUT2D eigenvalue weighted by molar-refractivity contribution is 6.30. The summed E-state index contributed by atoms with van der Waals surface area (Å²) in [4.78, 5) is 21.9. The molecule has 1 amide bonds. The van der Waals surface area contributed by atoms with Gasteiger partial charge in [-0.15, -0.1) is 0 Å². The van der Waals surface area contributed by atoms with Crippen LogP contribution in [0.5, 0.6) is 0 Å². The maximum atomic E-state index is 11.6. The van der Waals surface area contributed by atoms with Crippen LogP contribution < -0.4 is 10.6 Å². The molecule has 0 fully saturated rings. The Hall–Kier alpha value is -2.52. The monoisotopic (exact) mass is 321 g/mol. The van der Waals surface area contributed by atoms with Crippen LogP contribution in [-0.4, -0.2) is 30.1 Å². The molecule has 0 unspecified atom stereocenters. The fraction of sp³-hybridized carbons (Fsp3) is 0.267. The van der Waals surface area contributed by atoms with Gasteiger partial charge in [-0.1, -0.05) is 23.7 Å². The normalized spacial score (nSPS) is 10.6. The maximum absolute atomic E-state index is 11.6. The van der Waals surface area contributed by atoms with E-state index >= 15 is 0 Å². The second kappa shape index (κ2) is 9.42. The summed E-state index contributed by atoms with van der Waals surface area (Å²) in [5.41, 5.74) is 0.983. The number of rotatable bonds is 8. The summed E-state index contributed by atoms with van der Waals surface area (Å²) in [6.07, 6.45) is 1.85. The Balaban J connectivity index is 2.38. The Morgan fingerprint density at radius 1 is 1.27 bits per heavy atom. The number of carboxylic acid groups (broad SMARTS) is 1. The molecule has 0 aliphatic rings. The molecule has 116 valence electrons. The molecule has 22 heavy (non-hydrogen) atoms. The van der Waals surface area contributed by atoms with Gasteiger partial charge in [0.1, 0.15) is 11.6 Å². The number of carboxylic acids is 1. The lowest BCUT2D eigenvalue weighted by Gasteiger charge is -2.04. The quantitative estimate of drug-likeness (QED) is 0.382. The number of amides is 1. The van der Waals surface area contributed by atoms with Gasteiger partial charge >= 0.3 is 5.97 Å². The van der Waals surface area contributed by atoms with E-state index in [0.717, 1.165) is 5.56 Å². The third-order valence-electron chi connectivity index (χ3n) is 2.71. The Morgan fingerprint density at radius 3 is 2.55 bits per heavy atom. The average Bonchev–Trinajstić information content (AvgIpc) is 2.48. The van der Waals surface area contributed by atoms with Gasteiger partial charge in [0.2, 0.25) is 0 Å². The summed E-state index contributed by atoms with van der Waals surface area (Å²) in [7, 11) is 0. The Kier molecular flexibility index (Phi) is 7.51. The predicted octanol–water partition coefficient (Wildman–Crippen LogP) is 1.47. The smallest absolute Gasteiger partial charge is 0.305 e. The summed E-state index contributed by atoms with van der Waals surface area (Å²) >= 11 is 5.79. The predicted molar refractivity (Wildman–Crippen MR) is 82.1 cm³/mol. The topological polar surface area (TPSA) is 102 Å². The zero-order valence-corrected chi connectivity index (χ0v) is 12.6. The summed E-state index contributed by atoms with van der Waals surface area (Å²) in [5, 5.41) is 23.3. The lowest BCUT2D eigenvalue weighted by atomic mass is 10.1. The molecule has 3 N–H and O–H groups in total. The first-order valence-corrected chi connectivity index (χ1v) is 6.99. The van der Waals surface area contributed by atoms with Crippen molar-refractivity contribution in [1.82, 2.24) is 10.6 Å². The molecular formula is C15H16ClN3O3. The Bertz CT molecular complexity index is 591. The number of carbonyl (C=O) groups is 2. The van der Waals surface area contributed by atoms with Crippen LogP contribution in [0, 0.1) is 11.3 Å². The van der Waals surface area contributed by atoms with Crippen LogP contribution in [0.3, 0.4) is 0 Å². The van der Waals surface area contributed by atoms with Crippen molar-refractivity contribution in [2.24, 2.45) is 0 Å². The molecule has 0 saturated carbocycles. The third-order valence-corrected chi connectivity index (χ3v) is 2.96. The molecule has 0 saturated heterocycles. The van der Waals surface area contributed by atoms with E-state index in [2.05, 4.69) is 10.6 Å². The molecule has 1 aromatic carbocycles. The van der Waals surface area contributed by atoms with Crippen LogP contribution in [0.1, 0.15) is 12.0 Å². The number of nitrogens with one attached hydrogen (secondary N) is 2. The number of halogens is 1.